The van der Waals surface area contributed by atoms with Crippen molar-refractivity contribution in [3.63, 3.8) is 0 Å². The third kappa shape index (κ3) is 4.72. The Balaban J connectivity index is 1.47. The number of carbonyl (C=O) groups is 1. The molecule has 0 saturated carbocycles. The molecule has 0 spiro atoms. The maximum Gasteiger partial charge on any atom is 0.233 e. The Bertz CT molecular complexity index is 1220. The number of amides is 1. The van der Waals surface area contributed by atoms with Gasteiger partial charge in [0.1, 0.15) is 5.01 Å². The van der Waals surface area contributed by atoms with E-state index in [0.717, 1.165) is 20.8 Å². The fourth-order valence-electron chi connectivity index (χ4n) is 3.18. The van der Waals surface area contributed by atoms with Gasteiger partial charge in [0.15, 0.2) is 11.0 Å². The van der Waals surface area contributed by atoms with Gasteiger partial charge in [-0.3, -0.25) is 9.36 Å². The van der Waals surface area contributed by atoms with Gasteiger partial charge in [0.25, 0.3) is 0 Å². The van der Waals surface area contributed by atoms with Crippen LogP contribution in [0, 0.1) is 0 Å². The third-order valence-electron chi connectivity index (χ3n) is 5.10. The summed E-state index contributed by atoms with van der Waals surface area (Å²) in [5.74, 6) is 0.970. The number of rotatable bonds is 8. The lowest BCUT2D eigenvalue weighted by molar-refractivity contribution is -0.128. The fraction of sp³-hybridized carbons (Fsp3) is 0.217. The van der Waals surface area contributed by atoms with Crippen molar-refractivity contribution in [1.29, 1.82) is 0 Å². The molecular weight excluding hydrogens is 462 g/mol. The summed E-state index contributed by atoms with van der Waals surface area (Å²) in [5.41, 5.74) is 1.87. The number of allylic oxidation sites excluding steroid dienone is 1. The van der Waals surface area contributed by atoms with Crippen LogP contribution in [0.2, 0.25) is 5.02 Å². The van der Waals surface area contributed by atoms with E-state index in [1.54, 1.807) is 22.3 Å². The second kappa shape index (κ2) is 9.85. The number of aromatic nitrogens is 4. The van der Waals surface area contributed by atoms with Gasteiger partial charge in [-0.1, -0.05) is 41.6 Å². The molecule has 0 saturated heterocycles. The average molecular weight is 484 g/mol. The van der Waals surface area contributed by atoms with Gasteiger partial charge in [-0.05, 0) is 43.3 Å². The molecular formula is C23H22ClN5OS2. The Hall–Kier alpha value is -2.68. The van der Waals surface area contributed by atoms with Gasteiger partial charge in [-0.2, -0.15) is 0 Å². The second-order valence-electron chi connectivity index (χ2n) is 7.20. The molecule has 32 heavy (non-hydrogen) atoms. The summed E-state index contributed by atoms with van der Waals surface area (Å²) in [6.07, 6.45) is 1.79. The first kappa shape index (κ1) is 22.5. The molecule has 0 aliphatic heterocycles. The SMILES string of the molecule is C=CCn1c(SCC(=O)N(C)[C@H](C)c2nc3ccccc3s2)nnc1-c1ccc(Cl)cc1. The van der Waals surface area contributed by atoms with Crippen LogP contribution >= 0.6 is 34.7 Å². The van der Waals surface area contributed by atoms with Gasteiger partial charge in [0, 0.05) is 24.2 Å². The predicted molar refractivity (Wildman–Crippen MR) is 132 cm³/mol. The number of para-hydroxylation sites is 1. The van der Waals surface area contributed by atoms with Crippen LogP contribution in [0.5, 0.6) is 0 Å². The van der Waals surface area contributed by atoms with Crippen molar-refractivity contribution in [2.75, 3.05) is 12.8 Å². The van der Waals surface area contributed by atoms with Gasteiger partial charge in [-0.15, -0.1) is 28.1 Å². The normalized spacial score (nSPS) is 12.1. The van der Waals surface area contributed by atoms with Crippen molar-refractivity contribution < 1.29 is 4.79 Å². The highest BCUT2D eigenvalue weighted by molar-refractivity contribution is 7.99. The minimum Gasteiger partial charge on any atom is -0.336 e. The molecule has 0 radical (unpaired) electrons. The number of hydrogen-bond acceptors (Lipinski definition) is 6. The standard InChI is InChI=1S/C23H22ClN5OS2/c1-4-13-29-21(16-9-11-17(24)12-10-16)26-27-23(29)31-14-20(30)28(3)15(2)22-25-18-7-5-6-8-19(18)32-22/h4-12,15H,1,13-14H2,2-3H3/t15-/m1/s1. The van der Waals surface area contributed by atoms with Crippen molar-refractivity contribution in [3.05, 3.63) is 71.2 Å². The lowest BCUT2D eigenvalue weighted by atomic mass is 10.2. The lowest BCUT2D eigenvalue weighted by Gasteiger charge is -2.23. The molecule has 4 aromatic rings. The number of carbonyl (C=O) groups excluding carboxylic acids is 1. The molecule has 0 bridgehead atoms. The Labute approximate surface area is 199 Å². The predicted octanol–water partition coefficient (Wildman–Crippen LogP) is 5.71. The smallest absolute Gasteiger partial charge is 0.233 e. The molecule has 0 N–H and O–H groups in total. The average Bonchev–Trinajstić information content (AvgIpc) is 3.41. The quantitative estimate of drug-likeness (QED) is 0.237. The van der Waals surface area contributed by atoms with E-state index in [9.17, 15) is 4.79 Å². The molecule has 4 rings (SSSR count). The third-order valence-corrected chi connectivity index (χ3v) is 7.51. The molecule has 2 heterocycles. The summed E-state index contributed by atoms with van der Waals surface area (Å²) in [5, 5.41) is 10.9. The van der Waals surface area contributed by atoms with Crippen molar-refractivity contribution >= 4 is 50.8 Å². The maximum absolute atomic E-state index is 12.9. The Morgan fingerprint density at radius 2 is 2.00 bits per heavy atom. The summed E-state index contributed by atoms with van der Waals surface area (Å²) in [4.78, 5) is 19.3. The van der Waals surface area contributed by atoms with Gasteiger partial charge in [0.2, 0.25) is 5.91 Å². The Kier molecular flexibility index (Phi) is 6.93. The van der Waals surface area contributed by atoms with Crippen LogP contribution in [0.1, 0.15) is 18.0 Å². The summed E-state index contributed by atoms with van der Waals surface area (Å²) in [6.45, 7) is 6.38. The van der Waals surface area contributed by atoms with Crippen LogP contribution in [-0.4, -0.2) is 43.4 Å². The molecule has 1 amide bonds. The van der Waals surface area contributed by atoms with Crippen LogP contribution in [0.15, 0.2) is 66.3 Å². The molecule has 0 aliphatic carbocycles. The fourth-order valence-corrected chi connectivity index (χ4v) is 5.24. The van der Waals surface area contributed by atoms with E-state index in [-0.39, 0.29) is 17.7 Å². The van der Waals surface area contributed by atoms with Gasteiger partial charge < -0.3 is 4.90 Å². The highest BCUT2D eigenvalue weighted by Gasteiger charge is 2.22. The number of fused-ring (bicyclic) bond motifs is 1. The molecule has 2 aromatic heterocycles. The first-order valence-electron chi connectivity index (χ1n) is 10.0. The molecule has 0 fully saturated rings. The van der Waals surface area contributed by atoms with Crippen LogP contribution in [-0.2, 0) is 11.3 Å². The minimum absolute atomic E-state index is 0.00273. The summed E-state index contributed by atoms with van der Waals surface area (Å²) in [6, 6.07) is 15.3. The van der Waals surface area contributed by atoms with E-state index in [2.05, 4.69) is 21.8 Å². The highest BCUT2D eigenvalue weighted by Crippen LogP contribution is 2.30. The van der Waals surface area contributed by atoms with Gasteiger partial charge in [-0.25, -0.2) is 4.98 Å². The van der Waals surface area contributed by atoms with Crippen molar-refractivity contribution in [2.45, 2.75) is 24.7 Å². The monoisotopic (exact) mass is 483 g/mol. The topological polar surface area (TPSA) is 63.9 Å². The summed E-state index contributed by atoms with van der Waals surface area (Å²) in [7, 11) is 1.81. The van der Waals surface area contributed by atoms with Crippen LogP contribution in [0.25, 0.3) is 21.6 Å². The van der Waals surface area contributed by atoms with Crippen LogP contribution in [0.4, 0.5) is 0 Å². The number of benzene rings is 2. The van der Waals surface area contributed by atoms with Crippen LogP contribution < -0.4 is 0 Å². The summed E-state index contributed by atoms with van der Waals surface area (Å²) < 4.78 is 3.07. The zero-order valence-electron chi connectivity index (χ0n) is 17.7. The molecule has 6 nitrogen and oxygen atoms in total. The highest BCUT2D eigenvalue weighted by atomic mass is 35.5. The molecule has 164 valence electrons. The largest absolute Gasteiger partial charge is 0.336 e. The van der Waals surface area contributed by atoms with E-state index < -0.39 is 0 Å². The Morgan fingerprint density at radius 3 is 2.72 bits per heavy atom. The number of thioether (sulfide) groups is 1. The lowest BCUT2D eigenvalue weighted by Crippen LogP contribution is -2.31. The van der Waals surface area contributed by atoms with Crippen LogP contribution in [0.3, 0.4) is 0 Å². The van der Waals surface area contributed by atoms with E-state index in [1.807, 2.05) is 67.1 Å². The Morgan fingerprint density at radius 1 is 1.25 bits per heavy atom. The molecule has 1 atom stereocenters. The molecule has 0 unspecified atom stereocenters. The minimum atomic E-state index is -0.115. The molecule has 9 heteroatoms. The van der Waals surface area contributed by atoms with E-state index >= 15 is 0 Å². The molecule has 2 aromatic carbocycles. The van der Waals surface area contributed by atoms with E-state index in [1.165, 1.54) is 11.8 Å². The van der Waals surface area contributed by atoms with E-state index in [0.29, 0.717) is 22.5 Å². The number of hydrogen-bond donors (Lipinski definition) is 0. The zero-order chi connectivity index (χ0) is 22.7. The van der Waals surface area contributed by atoms with Crippen molar-refractivity contribution in [2.24, 2.45) is 0 Å². The first-order chi connectivity index (χ1) is 15.5. The van der Waals surface area contributed by atoms with Crippen molar-refractivity contribution in [3.8, 4) is 11.4 Å². The van der Waals surface area contributed by atoms with Crippen molar-refractivity contribution in [1.82, 2.24) is 24.6 Å². The summed E-state index contributed by atoms with van der Waals surface area (Å²) >= 11 is 8.99. The number of thiazole rings is 1. The second-order valence-corrected chi connectivity index (χ2v) is 9.64. The molecule has 0 aliphatic rings. The van der Waals surface area contributed by atoms with E-state index in [4.69, 9.17) is 11.6 Å². The zero-order valence-corrected chi connectivity index (χ0v) is 20.1. The maximum atomic E-state index is 12.9. The van der Waals surface area contributed by atoms with Gasteiger partial charge in [0.05, 0.1) is 22.0 Å². The number of nitrogens with zero attached hydrogens (tertiary/aromatic N) is 5. The number of halogens is 1. The van der Waals surface area contributed by atoms with Gasteiger partial charge >= 0.3 is 0 Å². The first-order valence-corrected chi connectivity index (χ1v) is 12.2.